The molecule has 0 aliphatic heterocycles. The highest BCUT2D eigenvalue weighted by Crippen LogP contribution is 2.31. The maximum absolute atomic E-state index is 10.4. The van der Waals surface area contributed by atoms with Crippen LogP contribution in [0.25, 0.3) is 0 Å². The Morgan fingerprint density at radius 3 is 2.76 bits per heavy atom. The van der Waals surface area contributed by atoms with Crippen molar-refractivity contribution < 1.29 is 19.0 Å². The number of hydrogen-bond acceptors (Lipinski definition) is 7. The number of hydrogen-bond donors (Lipinski definition) is 1. The normalized spacial score (nSPS) is 11.5. The molecule has 21 heavy (non-hydrogen) atoms. The zero-order valence-corrected chi connectivity index (χ0v) is 12.6. The molecule has 0 saturated carbocycles. The fraction of sp³-hybridized carbons (Fsp3) is 0.286. The van der Waals surface area contributed by atoms with Crippen molar-refractivity contribution in [1.82, 2.24) is 4.98 Å². The lowest BCUT2D eigenvalue weighted by molar-refractivity contribution is -0.129. The van der Waals surface area contributed by atoms with Crippen molar-refractivity contribution in [2.75, 3.05) is 26.1 Å². The van der Waals surface area contributed by atoms with Crippen LogP contribution in [0.15, 0.2) is 29.1 Å². The first-order valence-electron chi connectivity index (χ1n) is 6.20. The lowest BCUT2D eigenvalue weighted by Gasteiger charge is -2.18. The first-order valence-corrected chi connectivity index (χ1v) is 7.14. The molecule has 1 heterocycles. The highest BCUT2D eigenvalue weighted by Gasteiger charge is 2.15. The number of carbonyl (C=O) groups is 1. The van der Waals surface area contributed by atoms with Gasteiger partial charge in [0.2, 0.25) is 0 Å². The average molecular weight is 308 g/mol. The van der Waals surface area contributed by atoms with Crippen LogP contribution in [0.3, 0.4) is 0 Å². The van der Waals surface area contributed by atoms with Gasteiger partial charge >= 0.3 is 0 Å². The summed E-state index contributed by atoms with van der Waals surface area (Å²) >= 11 is 1.49. The molecule has 1 aromatic heterocycles. The number of ether oxygens (including phenoxy) is 3. The average Bonchev–Trinajstić information content (AvgIpc) is 3.05. The highest BCUT2D eigenvalue weighted by atomic mass is 32.1. The van der Waals surface area contributed by atoms with Gasteiger partial charge in [-0.05, 0) is 12.1 Å². The lowest BCUT2D eigenvalue weighted by atomic mass is 10.2. The molecule has 0 radical (unpaired) electrons. The zero-order valence-electron chi connectivity index (χ0n) is 11.7. The SMILES string of the molecule is COc1ccc(NC(COC=O)c2cscn2)cc1OC. The number of aromatic nitrogens is 1. The van der Waals surface area contributed by atoms with E-state index < -0.39 is 0 Å². The molecule has 2 aromatic rings. The minimum absolute atomic E-state index is 0.196. The Hall–Kier alpha value is -2.28. The summed E-state index contributed by atoms with van der Waals surface area (Å²) in [7, 11) is 3.16. The molecule has 7 heteroatoms. The number of methoxy groups -OCH3 is 2. The van der Waals surface area contributed by atoms with Gasteiger partial charge < -0.3 is 19.5 Å². The fourth-order valence-electron chi connectivity index (χ4n) is 1.86. The molecule has 1 atom stereocenters. The molecular weight excluding hydrogens is 292 g/mol. The van der Waals surface area contributed by atoms with Gasteiger partial charge in [0.1, 0.15) is 12.6 Å². The minimum Gasteiger partial charge on any atom is -0.493 e. The van der Waals surface area contributed by atoms with E-state index in [0.717, 1.165) is 11.4 Å². The molecule has 0 aliphatic carbocycles. The quantitative estimate of drug-likeness (QED) is 0.756. The summed E-state index contributed by atoms with van der Waals surface area (Å²) in [6.45, 7) is 0.622. The summed E-state index contributed by atoms with van der Waals surface area (Å²) in [5.41, 5.74) is 3.37. The van der Waals surface area contributed by atoms with Gasteiger partial charge in [0.25, 0.3) is 6.47 Å². The fourth-order valence-corrected chi connectivity index (χ4v) is 2.47. The molecule has 0 spiro atoms. The van der Waals surface area contributed by atoms with Crippen LogP contribution < -0.4 is 14.8 Å². The number of anilines is 1. The molecule has 0 saturated heterocycles. The summed E-state index contributed by atoms with van der Waals surface area (Å²) < 4.78 is 15.3. The molecule has 1 N–H and O–H groups in total. The van der Waals surface area contributed by atoms with E-state index in [1.807, 2.05) is 17.5 Å². The van der Waals surface area contributed by atoms with Crippen LogP contribution in [0, 0.1) is 0 Å². The van der Waals surface area contributed by atoms with Crippen molar-refractivity contribution in [1.29, 1.82) is 0 Å². The first-order chi connectivity index (χ1) is 10.3. The van der Waals surface area contributed by atoms with Crippen LogP contribution in [0.4, 0.5) is 5.69 Å². The van der Waals surface area contributed by atoms with Gasteiger partial charge in [0, 0.05) is 17.1 Å². The van der Waals surface area contributed by atoms with E-state index in [9.17, 15) is 4.79 Å². The Kier molecular flexibility index (Phi) is 5.39. The van der Waals surface area contributed by atoms with Crippen molar-refractivity contribution in [2.24, 2.45) is 0 Å². The summed E-state index contributed by atoms with van der Waals surface area (Å²) in [5.74, 6) is 1.27. The Bertz CT molecular complexity index is 574. The Balaban J connectivity index is 2.18. The number of carbonyl (C=O) groups excluding carboxylic acids is 1. The lowest BCUT2D eigenvalue weighted by Crippen LogP contribution is -2.17. The van der Waals surface area contributed by atoms with E-state index >= 15 is 0 Å². The summed E-state index contributed by atoms with van der Waals surface area (Å²) in [5, 5.41) is 5.18. The Morgan fingerprint density at radius 1 is 1.33 bits per heavy atom. The van der Waals surface area contributed by atoms with E-state index in [1.54, 1.807) is 25.8 Å². The molecule has 0 aliphatic rings. The summed E-state index contributed by atoms with van der Waals surface area (Å²) in [4.78, 5) is 14.7. The summed E-state index contributed by atoms with van der Waals surface area (Å²) in [6.07, 6.45) is 0. The third-order valence-corrected chi connectivity index (χ3v) is 3.47. The second-order valence-electron chi connectivity index (χ2n) is 4.11. The van der Waals surface area contributed by atoms with Crippen molar-refractivity contribution in [3.8, 4) is 11.5 Å². The maximum atomic E-state index is 10.4. The van der Waals surface area contributed by atoms with Crippen molar-refractivity contribution in [2.45, 2.75) is 6.04 Å². The van der Waals surface area contributed by atoms with Gasteiger partial charge in [-0.25, -0.2) is 4.98 Å². The van der Waals surface area contributed by atoms with Crippen molar-refractivity contribution >= 4 is 23.5 Å². The Morgan fingerprint density at radius 2 is 2.14 bits per heavy atom. The third-order valence-electron chi connectivity index (χ3n) is 2.86. The second kappa shape index (κ2) is 7.49. The van der Waals surface area contributed by atoms with Gasteiger partial charge in [-0.15, -0.1) is 11.3 Å². The number of nitrogens with one attached hydrogen (secondary N) is 1. The molecular formula is C14H16N2O4S. The molecule has 1 unspecified atom stereocenters. The molecule has 0 fully saturated rings. The summed E-state index contributed by atoms with van der Waals surface area (Å²) in [6, 6.07) is 5.26. The number of rotatable bonds is 8. The Labute approximate surface area is 126 Å². The van der Waals surface area contributed by atoms with Gasteiger partial charge in [-0.2, -0.15) is 0 Å². The largest absolute Gasteiger partial charge is 0.493 e. The topological polar surface area (TPSA) is 69.7 Å². The van der Waals surface area contributed by atoms with E-state index in [1.165, 1.54) is 11.3 Å². The van der Waals surface area contributed by atoms with Crippen molar-refractivity contribution in [3.05, 3.63) is 34.8 Å². The van der Waals surface area contributed by atoms with E-state index in [4.69, 9.17) is 14.2 Å². The minimum atomic E-state index is -0.223. The molecule has 112 valence electrons. The van der Waals surface area contributed by atoms with Gasteiger partial charge in [0.05, 0.1) is 25.4 Å². The van der Waals surface area contributed by atoms with Crippen LogP contribution in [0.5, 0.6) is 11.5 Å². The first kappa shape index (κ1) is 15.1. The van der Waals surface area contributed by atoms with Crippen LogP contribution >= 0.6 is 11.3 Å². The van der Waals surface area contributed by atoms with Gasteiger partial charge in [-0.1, -0.05) is 0 Å². The van der Waals surface area contributed by atoms with Gasteiger partial charge in [-0.3, -0.25) is 4.79 Å². The van der Waals surface area contributed by atoms with Crippen LogP contribution in [-0.4, -0.2) is 32.3 Å². The molecule has 1 aromatic carbocycles. The zero-order chi connectivity index (χ0) is 15.1. The standard InChI is InChI=1S/C14H16N2O4S/c1-18-13-4-3-10(5-14(13)19-2)16-11(6-20-9-17)12-7-21-8-15-12/h3-5,7-9,11,16H,6H2,1-2H3. The van der Waals surface area contributed by atoms with E-state index in [-0.39, 0.29) is 12.6 Å². The van der Waals surface area contributed by atoms with Crippen LogP contribution in [-0.2, 0) is 9.53 Å². The predicted octanol–water partition coefficient (Wildman–Crippen LogP) is 2.49. The maximum Gasteiger partial charge on any atom is 0.293 e. The smallest absolute Gasteiger partial charge is 0.293 e. The highest BCUT2D eigenvalue weighted by molar-refractivity contribution is 7.07. The van der Waals surface area contributed by atoms with Crippen LogP contribution in [0.2, 0.25) is 0 Å². The molecule has 6 nitrogen and oxygen atoms in total. The van der Waals surface area contributed by atoms with Crippen molar-refractivity contribution in [3.63, 3.8) is 0 Å². The van der Waals surface area contributed by atoms with Gasteiger partial charge in [0.15, 0.2) is 11.5 Å². The number of thiazole rings is 1. The molecule has 2 rings (SSSR count). The van der Waals surface area contributed by atoms with E-state index in [0.29, 0.717) is 18.0 Å². The second-order valence-corrected chi connectivity index (χ2v) is 4.83. The monoisotopic (exact) mass is 308 g/mol. The van der Waals surface area contributed by atoms with E-state index in [2.05, 4.69) is 10.3 Å². The molecule has 0 amide bonds. The number of nitrogens with zero attached hydrogens (tertiary/aromatic N) is 1. The number of benzene rings is 1. The third kappa shape index (κ3) is 3.85. The molecule has 0 bridgehead atoms. The van der Waals surface area contributed by atoms with Crippen LogP contribution in [0.1, 0.15) is 11.7 Å². The predicted molar refractivity (Wildman–Crippen MR) is 80.0 cm³/mol.